The van der Waals surface area contributed by atoms with Crippen LogP contribution >= 0.6 is 0 Å². The number of nitrogens with zero attached hydrogens (tertiary/aromatic N) is 1. The maximum absolute atomic E-state index is 13.3. The minimum Gasteiger partial charge on any atom is -0.378 e. The van der Waals surface area contributed by atoms with E-state index in [2.05, 4.69) is 59.3 Å². The highest BCUT2D eigenvalue weighted by atomic mass is 16.3. The minimum atomic E-state index is -0.901. The second kappa shape index (κ2) is 10.0. The number of aromatic nitrogens is 1. The fourth-order valence-electron chi connectivity index (χ4n) is 6.68. The van der Waals surface area contributed by atoms with Crippen LogP contribution < -0.4 is 0 Å². The van der Waals surface area contributed by atoms with Gasteiger partial charge in [0, 0.05) is 29.3 Å². The highest BCUT2D eigenvalue weighted by molar-refractivity contribution is 5.97. The van der Waals surface area contributed by atoms with Crippen molar-refractivity contribution in [1.82, 2.24) is 4.98 Å². The SMILES string of the molecule is CC#C[C@]1(O)CC[C@@]2(Cc3ccccc3)c3ccc(C(=O)Cc4cccnc4C)cc3CCC[C@H]2C1. The Morgan fingerprint density at radius 1 is 1.11 bits per heavy atom. The third-order valence-electron chi connectivity index (χ3n) is 8.50. The van der Waals surface area contributed by atoms with E-state index in [0.717, 1.165) is 48.9 Å². The fourth-order valence-corrected chi connectivity index (χ4v) is 6.68. The normalized spacial score (nSPS) is 25.0. The van der Waals surface area contributed by atoms with Crippen molar-refractivity contribution in [2.75, 3.05) is 0 Å². The number of ketones is 1. The lowest BCUT2D eigenvalue weighted by molar-refractivity contribution is -0.00358. The monoisotopic (exact) mass is 477 g/mol. The number of aliphatic hydroxyl groups is 1. The molecule has 36 heavy (non-hydrogen) atoms. The van der Waals surface area contributed by atoms with Gasteiger partial charge in [0.25, 0.3) is 0 Å². The summed E-state index contributed by atoms with van der Waals surface area (Å²) >= 11 is 0. The Bertz CT molecular complexity index is 1320. The van der Waals surface area contributed by atoms with Crippen LogP contribution in [0.15, 0.2) is 66.9 Å². The van der Waals surface area contributed by atoms with Crippen molar-refractivity contribution in [1.29, 1.82) is 0 Å². The predicted octanol–water partition coefficient (Wildman–Crippen LogP) is 6.19. The standard InChI is InChI=1S/C33H35NO2/c1-3-16-32(36)17-18-33(22-25-9-5-4-6-10-25)29(23-32)13-7-11-27-20-28(14-15-30(27)33)31(35)21-26-12-8-19-34-24(26)2/h4-6,8-10,12,14-15,19-20,29,36H,7,11,13,17-18,21-23H2,1-2H3/t29-,32-,33-/m0/s1. The second-order valence-electron chi connectivity index (χ2n) is 10.7. The topological polar surface area (TPSA) is 50.2 Å². The van der Waals surface area contributed by atoms with Gasteiger partial charge in [-0.25, -0.2) is 0 Å². The lowest BCUT2D eigenvalue weighted by Gasteiger charge is -2.49. The van der Waals surface area contributed by atoms with Gasteiger partial charge in [0.2, 0.25) is 0 Å². The molecule has 1 saturated carbocycles. The second-order valence-corrected chi connectivity index (χ2v) is 10.7. The van der Waals surface area contributed by atoms with E-state index >= 15 is 0 Å². The molecule has 0 radical (unpaired) electrons. The third-order valence-corrected chi connectivity index (χ3v) is 8.50. The molecule has 3 aromatic rings. The van der Waals surface area contributed by atoms with Crippen molar-refractivity contribution in [3.05, 3.63) is 100 Å². The number of Topliss-reactive ketones (excluding diaryl/α,β-unsaturated/α-hetero) is 1. The molecule has 5 rings (SSSR count). The van der Waals surface area contributed by atoms with Gasteiger partial charge in [-0.15, -0.1) is 5.92 Å². The van der Waals surface area contributed by atoms with Crippen LogP contribution in [0, 0.1) is 24.7 Å². The summed E-state index contributed by atoms with van der Waals surface area (Å²) in [6.07, 6.45) is 8.46. The van der Waals surface area contributed by atoms with Gasteiger partial charge in [0.05, 0.1) is 0 Å². The van der Waals surface area contributed by atoms with Crippen LogP contribution in [-0.4, -0.2) is 21.5 Å². The first-order chi connectivity index (χ1) is 17.4. The van der Waals surface area contributed by atoms with E-state index in [0.29, 0.717) is 25.2 Å². The molecular weight excluding hydrogens is 442 g/mol. The van der Waals surface area contributed by atoms with E-state index in [1.54, 1.807) is 6.20 Å². The van der Waals surface area contributed by atoms with Crippen molar-refractivity contribution in [2.24, 2.45) is 5.92 Å². The molecular formula is C33H35NO2. The Morgan fingerprint density at radius 3 is 2.72 bits per heavy atom. The number of aryl methyl sites for hydroxylation is 2. The molecule has 3 heteroatoms. The number of fused-ring (bicyclic) bond motifs is 3. The summed E-state index contributed by atoms with van der Waals surface area (Å²) in [5.41, 5.74) is 5.72. The largest absolute Gasteiger partial charge is 0.378 e. The van der Waals surface area contributed by atoms with Crippen LogP contribution in [-0.2, 0) is 24.7 Å². The summed E-state index contributed by atoms with van der Waals surface area (Å²) in [5, 5.41) is 11.3. The molecule has 0 saturated heterocycles. The Hall–Kier alpha value is -3.22. The van der Waals surface area contributed by atoms with Gasteiger partial charge < -0.3 is 5.11 Å². The lowest BCUT2D eigenvalue weighted by atomic mass is 9.56. The quantitative estimate of drug-likeness (QED) is 0.352. The van der Waals surface area contributed by atoms with E-state index in [1.807, 2.05) is 32.0 Å². The van der Waals surface area contributed by atoms with E-state index in [-0.39, 0.29) is 11.2 Å². The molecule has 0 spiro atoms. The lowest BCUT2D eigenvalue weighted by Crippen LogP contribution is -2.48. The smallest absolute Gasteiger partial charge is 0.167 e. The van der Waals surface area contributed by atoms with Crippen LogP contribution in [0.4, 0.5) is 0 Å². The minimum absolute atomic E-state index is 0.0592. The molecule has 2 aromatic carbocycles. The average molecular weight is 478 g/mol. The van der Waals surface area contributed by atoms with Gasteiger partial charge in [-0.05, 0) is 99.1 Å². The maximum Gasteiger partial charge on any atom is 0.167 e. The third kappa shape index (κ3) is 4.75. The molecule has 1 fully saturated rings. The summed E-state index contributed by atoms with van der Waals surface area (Å²) in [4.78, 5) is 17.6. The summed E-state index contributed by atoms with van der Waals surface area (Å²) < 4.78 is 0. The predicted molar refractivity (Wildman–Crippen MR) is 144 cm³/mol. The molecule has 3 nitrogen and oxygen atoms in total. The number of hydrogen-bond donors (Lipinski definition) is 1. The molecule has 184 valence electrons. The zero-order chi connectivity index (χ0) is 25.2. The molecule has 1 N–H and O–H groups in total. The zero-order valence-corrected chi connectivity index (χ0v) is 21.4. The van der Waals surface area contributed by atoms with Crippen LogP contribution in [0.2, 0.25) is 0 Å². The molecule has 3 atom stereocenters. The first-order valence-corrected chi connectivity index (χ1v) is 13.2. The molecule has 0 unspecified atom stereocenters. The number of pyridine rings is 1. The number of rotatable bonds is 5. The van der Waals surface area contributed by atoms with E-state index in [4.69, 9.17) is 0 Å². The van der Waals surface area contributed by atoms with E-state index < -0.39 is 5.60 Å². The Kier molecular flexibility index (Phi) is 6.82. The molecule has 2 aliphatic rings. The van der Waals surface area contributed by atoms with Crippen LogP contribution in [0.5, 0.6) is 0 Å². The zero-order valence-electron chi connectivity index (χ0n) is 21.4. The fraction of sp³-hybridized carbons (Fsp3) is 0.394. The number of carbonyl (C=O) groups is 1. The molecule has 1 heterocycles. The molecule has 0 bridgehead atoms. The van der Waals surface area contributed by atoms with Crippen LogP contribution in [0.25, 0.3) is 0 Å². The average Bonchev–Trinajstić information content (AvgIpc) is 3.02. The van der Waals surface area contributed by atoms with E-state index in [9.17, 15) is 9.90 Å². The van der Waals surface area contributed by atoms with Crippen LogP contribution in [0.1, 0.15) is 77.3 Å². The number of carbonyl (C=O) groups excluding carboxylic acids is 1. The first kappa shape index (κ1) is 24.5. The molecule has 1 aromatic heterocycles. The van der Waals surface area contributed by atoms with Crippen molar-refractivity contribution in [3.8, 4) is 11.8 Å². The molecule has 0 aliphatic heterocycles. The van der Waals surface area contributed by atoms with Gasteiger partial charge >= 0.3 is 0 Å². The van der Waals surface area contributed by atoms with Crippen molar-refractivity contribution in [3.63, 3.8) is 0 Å². The summed E-state index contributed by atoms with van der Waals surface area (Å²) in [6, 6.07) is 21.0. The molecule has 2 aliphatic carbocycles. The van der Waals surface area contributed by atoms with Crippen molar-refractivity contribution < 1.29 is 9.90 Å². The highest BCUT2D eigenvalue weighted by Crippen LogP contribution is 2.53. The summed E-state index contributed by atoms with van der Waals surface area (Å²) in [6.45, 7) is 3.78. The van der Waals surface area contributed by atoms with Gasteiger partial charge in [0.15, 0.2) is 5.78 Å². The van der Waals surface area contributed by atoms with Crippen molar-refractivity contribution in [2.45, 2.75) is 76.2 Å². The van der Waals surface area contributed by atoms with Gasteiger partial charge in [-0.1, -0.05) is 54.5 Å². The maximum atomic E-state index is 13.3. The van der Waals surface area contributed by atoms with E-state index in [1.165, 1.54) is 16.7 Å². The Morgan fingerprint density at radius 2 is 1.94 bits per heavy atom. The van der Waals surface area contributed by atoms with Gasteiger partial charge in [-0.3, -0.25) is 9.78 Å². The Labute approximate surface area is 215 Å². The number of hydrogen-bond acceptors (Lipinski definition) is 3. The highest BCUT2D eigenvalue weighted by Gasteiger charge is 2.50. The Balaban J connectivity index is 1.53. The summed E-state index contributed by atoms with van der Waals surface area (Å²) in [7, 11) is 0. The molecule has 0 amide bonds. The van der Waals surface area contributed by atoms with Gasteiger partial charge in [0.1, 0.15) is 5.60 Å². The summed E-state index contributed by atoms with van der Waals surface area (Å²) in [5.74, 6) is 6.59. The van der Waals surface area contributed by atoms with Crippen molar-refractivity contribution >= 4 is 5.78 Å². The van der Waals surface area contributed by atoms with Gasteiger partial charge in [-0.2, -0.15) is 0 Å². The first-order valence-electron chi connectivity index (χ1n) is 13.2. The number of benzene rings is 2. The van der Waals surface area contributed by atoms with Crippen LogP contribution in [0.3, 0.4) is 0 Å².